The zero-order valence-corrected chi connectivity index (χ0v) is 8.58. The highest BCUT2D eigenvalue weighted by molar-refractivity contribution is 6.30. The number of benzene rings is 1. The van der Waals surface area contributed by atoms with Gasteiger partial charge in [0, 0.05) is 0 Å². The van der Waals surface area contributed by atoms with Gasteiger partial charge in [-0.2, -0.15) is 5.26 Å². The van der Waals surface area contributed by atoms with E-state index in [1.165, 1.54) is 6.92 Å². The van der Waals surface area contributed by atoms with Crippen LogP contribution < -0.4 is 0 Å². The average Bonchev–Trinajstić information content (AvgIpc) is 2.18. The smallest absolute Gasteiger partial charge is 0.147 e. The van der Waals surface area contributed by atoms with E-state index >= 15 is 0 Å². The predicted octanol–water partition coefficient (Wildman–Crippen LogP) is 2.30. The zero-order chi connectivity index (χ0) is 10.6. The fourth-order valence-electron chi connectivity index (χ4n) is 1.12. The van der Waals surface area contributed by atoms with Crippen molar-refractivity contribution in [3.63, 3.8) is 0 Å². The molecule has 0 aliphatic rings. The molecule has 14 heavy (non-hydrogen) atoms. The van der Waals surface area contributed by atoms with Crippen molar-refractivity contribution in [1.29, 1.82) is 5.26 Å². The second-order valence-corrected chi connectivity index (χ2v) is 3.62. The van der Waals surface area contributed by atoms with E-state index in [2.05, 4.69) is 0 Å². The first-order valence-corrected chi connectivity index (χ1v) is 4.70. The highest BCUT2D eigenvalue weighted by atomic mass is 35.5. The summed E-state index contributed by atoms with van der Waals surface area (Å²) in [6.45, 7) is 1.46. The highest BCUT2D eigenvalue weighted by Crippen LogP contribution is 2.10. The number of carbonyl (C=O) groups excluding carboxylic acids is 1. The number of Topliss-reactive ketones (excluding diaryl/α,β-unsaturated/α-hetero) is 1. The maximum Gasteiger partial charge on any atom is 0.147 e. The van der Waals surface area contributed by atoms with Gasteiger partial charge in [-0.05, 0) is 31.0 Å². The second-order valence-electron chi connectivity index (χ2n) is 3.09. The van der Waals surface area contributed by atoms with Crippen LogP contribution in [0, 0.1) is 11.3 Å². The van der Waals surface area contributed by atoms with Crippen molar-refractivity contribution < 1.29 is 4.79 Å². The van der Waals surface area contributed by atoms with E-state index in [1.807, 2.05) is 12.1 Å². The molecule has 1 rings (SSSR count). The largest absolute Gasteiger partial charge is 0.298 e. The Kier molecular flexibility index (Phi) is 3.67. The lowest BCUT2D eigenvalue weighted by atomic mass is 10.1. The van der Waals surface area contributed by atoms with Crippen LogP contribution in [0.4, 0.5) is 0 Å². The first-order valence-electron chi connectivity index (χ1n) is 4.27. The number of nitriles is 1. The number of alkyl halides is 1. The third-order valence-corrected chi connectivity index (χ3v) is 2.37. The minimum Gasteiger partial charge on any atom is -0.298 e. The summed E-state index contributed by atoms with van der Waals surface area (Å²) in [5, 5.41) is 8.16. The summed E-state index contributed by atoms with van der Waals surface area (Å²) in [7, 11) is 0. The summed E-state index contributed by atoms with van der Waals surface area (Å²) < 4.78 is 0. The van der Waals surface area contributed by atoms with E-state index in [0.29, 0.717) is 12.0 Å². The summed E-state index contributed by atoms with van der Waals surface area (Å²) in [5.74, 6) is -0.0472. The maximum atomic E-state index is 10.9. The zero-order valence-electron chi connectivity index (χ0n) is 7.83. The molecule has 0 heterocycles. The maximum absolute atomic E-state index is 10.9. The van der Waals surface area contributed by atoms with Crippen LogP contribution in [0.3, 0.4) is 0 Å². The number of rotatable bonds is 3. The van der Waals surface area contributed by atoms with E-state index in [1.54, 1.807) is 18.2 Å². The number of halogens is 1. The molecule has 0 bridgehead atoms. The van der Waals surface area contributed by atoms with Crippen molar-refractivity contribution in [3.05, 3.63) is 35.4 Å². The molecule has 72 valence electrons. The van der Waals surface area contributed by atoms with Crippen LogP contribution in [0.1, 0.15) is 18.1 Å². The van der Waals surface area contributed by atoms with Crippen molar-refractivity contribution in [2.75, 3.05) is 0 Å². The van der Waals surface area contributed by atoms with E-state index in [0.717, 1.165) is 5.56 Å². The first-order chi connectivity index (χ1) is 6.63. The van der Waals surface area contributed by atoms with Crippen molar-refractivity contribution >= 4 is 17.4 Å². The van der Waals surface area contributed by atoms with Gasteiger partial charge in [-0.3, -0.25) is 4.79 Å². The Labute approximate surface area is 88.1 Å². The Morgan fingerprint density at radius 3 is 2.93 bits per heavy atom. The minimum atomic E-state index is -0.496. The molecule has 2 nitrogen and oxygen atoms in total. The molecule has 3 heteroatoms. The molecule has 0 spiro atoms. The molecule has 0 amide bonds. The molecule has 0 aromatic heterocycles. The van der Waals surface area contributed by atoms with Gasteiger partial charge in [0.05, 0.1) is 17.0 Å². The van der Waals surface area contributed by atoms with Gasteiger partial charge < -0.3 is 0 Å². The van der Waals surface area contributed by atoms with Gasteiger partial charge in [0.1, 0.15) is 5.78 Å². The minimum absolute atomic E-state index is 0.0472. The van der Waals surface area contributed by atoms with Crippen LogP contribution in [0.25, 0.3) is 0 Å². The van der Waals surface area contributed by atoms with Gasteiger partial charge in [-0.25, -0.2) is 0 Å². The van der Waals surface area contributed by atoms with Gasteiger partial charge in [0.2, 0.25) is 0 Å². The third kappa shape index (κ3) is 2.86. The number of carbonyl (C=O) groups is 1. The lowest BCUT2D eigenvalue weighted by molar-refractivity contribution is -0.116. The van der Waals surface area contributed by atoms with E-state index in [4.69, 9.17) is 16.9 Å². The average molecular weight is 208 g/mol. The molecule has 0 aliphatic heterocycles. The number of hydrogen-bond donors (Lipinski definition) is 0. The molecule has 1 aromatic rings. The van der Waals surface area contributed by atoms with Crippen LogP contribution in [-0.2, 0) is 11.2 Å². The Morgan fingerprint density at radius 1 is 1.64 bits per heavy atom. The molecule has 0 N–H and O–H groups in total. The van der Waals surface area contributed by atoms with Gasteiger partial charge in [-0.1, -0.05) is 12.1 Å². The fourth-order valence-corrected chi connectivity index (χ4v) is 1.30. The summed E-state index contributed by atoms with van der Waals surface area (Å²) >= 11 is 5.81. The van der Waals surface area contributed by atoms with Crippen LogP contribution in [0.5, 0.6) is 0 Å². The molecular formula is C11H10ClNO. The molecule has 0 aliphatic carbocycles. The van der Waals surface area contributed by atoms with Crippen LogP contribution in [0.15, 0.2) is 24.3 Å². The Hall–Kier alpha value is -1.33. The lowest BCUT2D eigenvalue weighted by Crippen LogP contribution is -2.13. The molecule has 1 unspecified atom stereocenters. The molecule has 0 radical (unpaired) electrons. The van der Waals surface area contributed by atoms with Crippen molar-refractivity contribution in [2.24, 2.45) is 0 Å². The second kappa shape index (κ2) is 4.78. The van der Waals surface area contributed by atoms with Crippen molar-refractivity contribution in [2.45, 2.75) is 18.7 Å². The molecule has 0 fully saturated rings. The van der Waals surface area contributed by atoms with Gasteiger partial charge in [0.15, 0.2) is 0 Å². The normalized spacial score (nSPS) is 11.8. The summed E-state index contributed by atoms with van der Waals surface area (Å²) in [5.41, 5.74) is 1.51. The van der Waals surface area contributed by atoms with E-state index in [-0.39, 0.29) is 5.78 Å². The molecule has 1 atom stereocenters. The fraction of sp³-hybridized carbons (Fsp3) is 0.273. The summed E-state index contributed by atoms with van der Waals surface area (Å²) in [4.78, 5) is 10.9. The van der Waals surface area contributed by atoms with E-state index in [9.17, 15) is 4.79 Å². The summed E-state index contributed by atoms with van der Waals surface area (Å²) in [6, 6.07) is 9.16. The van der Waals surface area contributed by atoms with Crippen LogP contribution in [-0.4, -0.2) is 11.2 Å². The number of nitrogens with zero attached hydrogens (tertiary/aromatic N) is 1. The first kappa shape index (κ1) is 10.7. The Morgan fingerprint density at radius 2 is 2.36 bits per heavy atom. The quantitative estimate of drug-likeness (QED) is 0.714. The summed E-state index contributed by atoms with van der Waals surface area (Å²) in [6.07, 6.45) is 0.479. The molecule has 1 aromatic carbocycles. The third-order valence-electron chi connectivity index (χ3n) is 1.91. The topological polar surface area (TPSA) is 40.9 Å². The predicted molar refractivity (Wildman–Crippen MR) is 55.2 cm³/mol. The highest BCUT2D eigenvalue weighted by Gasteiger charge is 2.10. The van der Waals surface area contributed by atoms with Crippen molar-refractivity contribution in [1.82, 2.24) is 0 Å². The van der Waals surface area contributed by atoms with Crippen LogP contribution >= 0.6 is 11.6 Å². The monoisotopic (exact) mass is 207 g/mol. The molecular weight excluding hydrogens is 198 g/mol. The number of ketones is 1. The number of hydrogen-bond acceptors (Lipinski definition) is 2. The standard InChI is InChI=1S/C11H10ClNO/c1-8(14)11(12)6-9-3-2-4-10(5-9)7-13/h2-5,11H,6H2,1H3. The Balaban J connectivity index is 2.78. The molecule has 0 saturated carbocycles. The van der Waals surface area contributed by atoms with Gasteiger partial charge in [0.25, 0.3) is 0 Å². The van der Waals surface area contributed by atoms with Crippen molar-refractivity contribution in [3.8, 4) is 6.07 Å². The van der Waals surface area contributed by atoms with Gasteiger partial charge in [-0.15, -0.1) is 11.6 Å². The molecule has 0 saturated heterocycles. The lowest BCUT2D eigenvalue weighted by Gasteiger charge is -2.05. The van der Waals surface area contributed by atoms with Gasteiger partial charge >= 0.3 is 0 Å². The van der Waals surface area contributed by atoms with Crippen LogP contribution in [0.2, 0.25) is 0 Å². The van der Waals surface area contributed by atoms with E-state index < -0.39 is 5.38 Å². The SMILES string of the molecule is CC(=O)C(Cl)Cc1cccc(C#N)c1. The Bertz CT molecular complexity index is 381.